The van der Waals surface area contributed by atoms with Crippen molar-refractivity contribution in [3.8, 4) is 0 Å². The number of alkyl halides is 1. The monoisotopic (exact) mass is 1130 g/mol. The summed E-state index contributed by atoms with van der Waals surface area (Å²) >= 11 is 3.13. The van der Waals surface area contributed by atoms with Gasteiger partial charge >= 0.3 is 6.09 Å². The number of amides is 6. The number of hydrogen-bond donors (Lipinski definition) is 3. The maximum Gasteiger partial charge on any atom is 0.408 e. The Balaban J connectivity index is 0.000000258. The Labute approximate surface area is 474 Å². The van der Waals surface area contributed by atoms with Crippen molar-refractivity contribution in [1.82, 2.24) is 10.6 Å². The first-order chi connectivity index (χ1) is 37.8. The van der Waals surface area contributed by atoms with Gasteiger partial charge in [-0.05, 0) is 153 Å². The van der Waals surface area contributed by atoms with E-state index in [4.69, 9.17) is 11.8 Å². The van der Waals surface area contributed by atoms with Crippen LogP contribution in [0.15, 0.2) is 70.1 Å². The highest BCUT2D eigenvalue weighted by Crippen LogP contribution is 2.44. The number of halogens is 1. The Morgan fingerprint density at radius 3 is 1.57 bits per heavy atom. The second-order valence-electron chi connectivity index (χ2n) is 23.3. The van der Waals surface area contributed by atoms with Gasteiger partial charge in [0, 0.05) is 50.6 Å². The number of para-hydroxylation sites is 2. The van der Waals surface area contributed by atoms with Crippen molar-refractivity contribution in [3.63, 3.8) is 0 Å². The normalized spacial score (nSPS) is 18.3. The minimum absolute atomic E-state index is 0.0417. The van der Waals surface area contributed by atoms with Crippen molar-refractivity contribution in [1.29, 1.82) is 0 Å². The number of nitrogens with zero attached hydrogens (tertiary/aromatic N) is 4. The molecule has 2 saturated heterocycles. The van der Waals surface area contributed by atoms with Crippen LogP contribution in [0.2, 0.25) is 0 Å². The molecule has 6 amide bonds. The SMILES string of the molecule is CC(C)C[C@@H](N)C(=O)CC1Cc2cccc(N3CCCC3=O)c2N(Cc2ccsc2)C1=O.CC(C)C[C@@H](NC(=O)C(C)(C)NC(=O)OC(C)(C)C)C(=O)CC1Cc2cccc(N3CCCC3=O)c2N(Cc2ccsc2)C1=O.[2H]CF. The van der Waals surface area contributed by atoms with Crippen LogP contribution < -0.4 is 36.0 Å². The highest BCUT2D eigenvalue weighted by Gasteiger charge is 2.42. The van der Waals surface area contributed by atoms with Crippen LogP contribution in [0.4, 0.5) is 31.9 Å². The summed E-state index contributed by atoms with van der Waals surface area (Å²) in [6, 6.07) is 14.2. The number of benzene rings is 2. The predicted octanol–water partition coefficient (Wildman–Crippen LogP) is 9.87. The molecule has 2 fully saturated rings. The number of thiophene rings is 2. The maximum absolute atomic E-state index is 14.2. The van der Waals surface area contributed by atoms with Gasteiger partial charge in [-0.3, -0.25) is 38.0 Å². The van der Waals surface area contributed by atoms with Crippen LogP contribution in [0.5, 0.6) is 0 Å². The quantitative estimate of drug-likeness (QED) is 0.0809. The number of ether oxygens (including phenoxy) is 1. The van der Waals surface area contributed by atoms with E-state index in [1.165, 1.54) is 0 Å². The van der Waals surface area contributed by atoms with Crippen molar-refractivity contribution >= 4 is 92.6 Å². The Morgan fingerprint density at radius 2 is 1.18 bits per heavy atom. The highest BCUT2D eigenvalue weighted by atomic mass is 32.1. The number of ketones is 2. The van der Waals surface area contributed by atoms with Gasteiger partial charge in [0.2, 0.25) is 29.5 Å². The van der Waals surface area contributed by atoms with E-state index in [9.17, 15) is 42.7 Å². The largest absolute Gasteiger partial charge is 0.444 e. The Bertz CT molecular complexity index is 2840. The van der Waals surface area contributed by atoms with Gasteiger partial charge < -0.3 is 40.7 Å². The smallest absolute Gasteiger partial charge is 0.408 e. The van der Waals surface area contributed by atoms with E-state index >= 15 is 0 Å². The van der Waals surface area contributed by atoms with Crippen molar-refractivity contribution in [2.24, 2.45) is 29.4 Å². The van der Waals surface area contributed by atoms with Crippen LogP contribution in [0, 0.1) is 23.7 Å². The molecular weight excluding hydrogens is 1050 g/mol. The second kappa shape index (κ2) is 27.2. The topological polar surface area (TPSA) is 209 Å². The van der Waals surface area contributed by atoms with Gasteiger partial charge in [-0.25, -0.2) is 4.79 Å². The molecule has 79 heavy (non-hydrogen) atoms. The van der Waals surface area contributed by atoms with Crippen molar-refractivity contribution < 1.29 is 48.9 Å². The third-order valence-electron chi connectivity index (χ3n) is 14.3. The molecule has 0 spiro atoms. The summed E-state index contributed by atoms with van der Waals surface area (Å²) in [5.41, 5.74) is 11.0. The van der Waals surface area contributed by atoms with E-state index in [0.29, 0.717) is 70.6 Å². The zero-order chi connectivity index (χ0) is 58.6. The second-order valence-corrected chi connectivity index (χ2v) is 24.8. The van der Waals surface area contributed by atoms with Gasteiger partial charge in [0.25, 0.3) is 0 Å². The molecule has 8 rings (SSSR count). The number of fused-ring (bicyclic) bond motifs is 2. The summed E-state index contributed by atoms with van der Waals surface area (Å²) in [4.78, 5) is 113. The van der Waals surface area contributed by atoms with Gasteiger partial charge in [-0.1, -0.05) is 52.0 Å². The standard InChI is InChI=1S/C34H46N4O6S.C25H31N3O3S.CH3F/c1-21(2)16-25(35-31(42)34(6,7)36-32(43)44-33(3,4)5)27(39)18-24-17-23-10-8-11-26(37-14-9-12-28(37)40)29(23)38(30(24)41)19-22-13-15-45-20-22;1-16(2)11-20(26)22(29)13-19-12-18-5-3-6-21(27-9-4-7-23(27)30)24(18)28(25(19)31)14-17-8-10-32-15-17;1-2/h8,10-11,13,15,20-21,24-25H,9,12,14,16-19H2,1-7H3,(H,35,42)(H,36,43);3,5-6,8,10,15-16,19-20H,4,7,9,11-14,26H2,1-2H3;1H3/t24?,25-;19?,20-;/m11./s1/i;;1D. The van der Waals surface area contributed by atoms with E-state index in [1.54, 1.807) is 76.9 Å². The van der Waals surface area contributed by atoms with Crippen LogP contribution in [0.3, 0.4) is 0 Å². The van der Waals surface area contributed by atoms with Gasteiger partial charge in [0.1, 0.15) is 16.9 Å². The number of carbonyl (C=O) groups is 8. The summed E-state index contributed by atoms with van der Waals surface area (Å²) < 4.78 is 20.8. The molecule has 16 nitrogen and oxygen atoms in total. The number of nitrogens with one attached hydrogen (secondary N) is 2. The van der Waals surface area contributed by atoms with Crippen LogP contribution in [0.1, 0.15) is 137 Å². The van der Waals surface area contributed by atoms with E-state index in [2.05, 4.69) is 10.6 Å². The first-order valence-electron chi connectivity index (χ1n) is 28.0. The molecule has 0 aliphatic carbocycles. The Kier molecular flexibility index (Phi) is 20.8. The fourth-order valence-electron chi connectivity index (χ4n) is 10.6. The number of carbonyl (C=O) groups excluding carboxylic acids is 8. The first-order valence-corrected chi connectivity index (χ1v) is 29.2. The molecule has 4 atom stereocenters. The minimum Gasteiger partial charge on any atom is -0.444 e. The van der Waals surface area contributed by atoms with Crippen molar-refractivity contribution in [2.45, 2.75) is 163 Å². The average molecular weight is 1130 g/mol. The molecule has 0 bridgehead atoms. The fourth-order valence-corrected chi connectivity index (χ4v) is 11.9. The van der Waals surface area contributed by atoms with Gasteiger partial charge in [-0.15, -0.1) is 0 Å². The third kappa shape index (κ3) is 16.0. The van der Waals surface area contributed by atoms with E-state index in [-0.39, 0.29) is 54.0 Å². The lowest BCUT2D eigenvalue weighted by molar-refractivity contribution is -0.133. The Morgan fingerprint density at radius 1 is 0.722 bits per heavy atom. The van der Waals surface area contributed by atoms with E-state index in [1.807, 2.05) is 97.7 Å². The molecule has 6 heterocycles. The summed E-state index contributed by atoms with van der Waals surface area (Å²) in [5, 5.41) is 13.4. The lowest BCUT2D eigenvalue weighted by Crippen LogP contribution is -2.58. The first kappa shape index (κ1) is 60.3. The molecule has 4 aliphatic heterocycles. The van der Waals surface area contributed by atoms with Crippen LogP contribution in [-0.4, -0.2) is 90.7 Å². The number of anilines is 4. The van der Waals surface area contributed by atoms with Gasteiger partial charge in [0.05, 0.1) is 56.4 Å². The minimum atomic E-state index is -1.35. The molecule has 0 radical (unpaired) electrons. The lowest BCUT2D eigenvalue weighted by Gasteiger charge is -2.37. The average Bonchev–Trinajstić information content (AvgIpc) is 4.32. The maximum atomic E-state index is 14.2. The molecule has 4 aliphatic rings. The van der Waals surface area contributed by atoms with Gasteiger partial charge in [0.15, 0.2) is 5.78 Å². The van der Waals surface area contributed by atoms with Crippen LogP contribution in [0.25, 0.3) is 0 Å². The predicted molar refractivity (Wildman–Crippen MR) is 310 cm³/mol. The molecule has 428 valence electrons. The molecule has 2 aromatic carbocycles. The summed E-state index contributed by atoms with van der Waals surface area (Å²) in [7, 11) is -1.00. The Hall–Kier alpha value is -6.31. The lowest BCUT2D eigenvalue weighted by atomic mass is 9.84. The van der Waals surface area contributed by atoms with Crippen molar-refractivity contribution in [2.75, 3.05) is 39.8 Å². The molecular formula is C60H80FN7O9S2. The molecule has 0 saturated carbocycles. The zero-order valence-electron chi connectivity index (χ0n) is 48.2. The molecule has 2 aromatic heterocycles. The third-order valence-corrected chi connectivity index (χ3v) is 15.7. The molecule has 19 heteroatoms. The molecule has 2 unspecified atom stereocenters. The fraction of sp³-hybridized carbons (Fsp3) is 0.533. The number of rotatable bonds is 19. The highest BCUT2D eigenvalue weighted by molar-refractivity contribution is 7.08. The van der Waals surface area contributed by atoms with E-state index in [0.717, 1.165) is 57.8 Å². The van der Waals surface area contributed by atoms with E-state index < -0.39 is 54.2 Å². The number of alkyl carbamates (subject to hydrolysis) is 1. The summed E-state index contributed by atoms with van der Waals surface area (Å²) in [5.74, 6) is -1.58. The zero-order valence-corrected chi connectivity index (χ0v) is 48.9. The number of Topliss-reactive ketones (excluding diaryl/α,β-unsaturated/α-hetero) is 2. The summed E-state index contributed by atoms with van der Waals surface area (Å²) in [6.45, 7) is 18.3. The van der Waals surface area contributed by atoms with Crippen LogP contribution >= 0.6 is 22.7 Å². The molecule has 4 N–H and O–H groups in total. The number of hydrogen-bond acceptors (Lipinski definition) is 12. The molecule has 4 aromatic rings. The summed E-state index contributed by atoms with van der Waals surface area (Å²) in [6.07, 6.45) is 3.81. The van der Waals surface area contributed by atoms with Crippen LogP contribution in [-0.2, 0) is 64.2 Å². The number of nitrogens with two attached hydrogens (primary N) is 1. The van der Waals surface area contributed by atoms with Gasteiger partial charge in [-0.2, -0.15) is 22.7 Å². The van der Waals surface area contributed by atoms with Crippen molar-refractivity contribution in [3.05, 3.63) is 92.3 Å².